The topological polar surface area (TPSA) is 134 Å². The van der Waals surface area contributed by atoms with Gasteiger partial charge >= 0.3 is 11.9 Å². The molecule has 0 atom stereocenters. The van der Waals surface area contributed by atoms with Crippen molar-refractivity contribution in [1.29, 1.82) is 0 Å². The lowest BCUT2D eigenvalue weighted by Gasteiger charge is -2.10. The number of benzene rings is 2. The number of aromatic amines is 2. The second-order valence-electron chi connectivity index (χ2n) is 7.59. The number of anilines is 4. The van der Waals surface area contributed by atoms with Crippen molar-refractivity contribution in [3.63, 3.8) is 0 Å². The summed E-state index contributed by atoms with van der Waals surface area (Å²) in [6, 6.07) is 13.9. The summed E-state index contributed by atoms with van der Waals surface area (Å²) in [6.07, 6.45) is 1.06. The van der Waals surface area contributed by atoms with E-state index in [1.54, 1.807) is 48.5 Å². The Morgan fingerprint density at radius 1 is 0.829 bits per heavy atom. The van der Waals surface area contributed by atoms with E-state index < -0.39 is 17.8 Å². The summed E-state index contributed by atoms with van der Waals surface area (Å²) in [5, 5.41) is 7.51. The monoisotopic (exact) mass is 474 g/mol. The van der Waals surface area contributed by atoms with Crippen molar-refractivity contribution in [2.45, 2.75) is 0 Å². The first-order valence-electron chi connectivity index (χ1n) is 10.4. The number of nitrogens with zero attached hydrogens (tertiary/aromatic N) is 2. The summed E-state index contributed by atoms with van der Waals surface area (Å²) in [7, 11) is 2.62. The number of carbonyl (C=O) groups is 2. The third-order valence-corrected chi connectivity index (χ3v) is 5.32. The number of fused-ring (bicyclic) bond motifs is 2. The van der Waals surface area contributed by atoms with Crippen molar-refractivity contribution in [2.75, 3.05) is 24.9 Å². The average Bonchev–Trinajstić information content (AvgIpc) is 3.49. The number of carbonyl (C=O) groups excluding carboxylic acids is 2. The molecule has 0 aliphatic carbocycles. The van der Waals surface area contributed by atoms with E-state index in [-0.39, 0.29) is 11.8 Å². The van der Waals surface area contributed by atoms with Crippen molar-refractivity contribution < 1.29 is 23.5 Å². The van der Waals surface area contributed by atoms with Crippen molar-refractivity contribution in [3.05, 3.63) is 71.9 Å². The zero-order valence-corrected chi connectivity index (χ0v) is 18.6. The Balaban J connectivity index is 1.38. The Hall–Kier alpha value is -4.93. The third kappa shape index (κ3) is 4.34. The highest BCUT2D eigenvalue weighted by atomic mass is 19.1. The number of ether oxygens (including phenoxy) is 2. The quantitative estimate of drug-likeness (QED) is 0.262. The number of hydrogen-bond donors (Lipinski definition) is 4. The van der Waals surface area contributed by atoms with Gasteiger partial charge in [0.2, 0.25) is 5.95 Å². The Bertz CT molecular complexity index is 1590. The summed E-state index contributed by atoms with van der Waals surface area (Å²) >= 11 is 0. The van der Waals surface area contributed by atoms with Crippen molar-refractivity contribution in [1.82, 2.24) is 19.9 Å². The van der Waals surface area contributed by atoms with Gasteiger partial charge in [0.25, 0.3) is 0 Å². The van der Waals surface area contributed by atoms with Crippen LogP contribution in [0.25, 0.3) is 21.8 Å². The number of methoxy groups -OCH3 is 2. The van der Waals surface area contributed by atoms with Crippen LogP contribution in [0.5, 0.6) is 0 Å². The van der Waals surface area contributed by atoms with E-state index in [9.17, 15) is 14.0 Å². The Morgan fingerprint density at radius 3 is 1.91 bits per heavy atom. The van der Waals surface area contributed by atoms with Crippen LogP contribution in [0.4, 0.5) is 27.5 Å². The van der Waals surface area contributed by atoms with Crippen molar-refractivity contribution >= 4 is 56.9 Å². The molecule has 5 aromatic rings. The molecule has 0 unspecified atom stereocenters. The van der Waals surface area contributed by atoms with Gasteiger partial charge in [-0.15, -0.1) is 0 Å². The van der Waals surface area contributed by atoms with E-state index in [2.05, 4.69) is 30.6 Å². The molecule has 4 N–H and O–H groups in total. The zero-order chi connectivity index (χ0) is 24.5. The van der Waals surface area contributed by atoms with E-state index in [0.29, 0.717) is 22.8 Å². The molecule has 0 bridgehead atoms. The largest absolute Gasteiger partial charge is 0.464 e. The zero-order valence-electron chi connectivity index (χ0n) is 18.6. The number of esters is 2. The lowest BCUT2D eigenvalue weighted by Crippen LogP contribution is -2.03. The van der Waals surface area contributed by atoms with Crippen LogP contribution in [0.2, 0.25) is 0 Å². The molecule has 5 rings (SSSR count). The van der Waals surface area contributed by atoms with Crippen molar-refractivity contribution in [2.24, 2.45) is 0 Å². The Labute approximate surface area is 197 Å². The molecule has 3 aromatic heterocycles. The third-order valence-electron chi connectivity index (χ3n) is 5.32. The van der Waals surface area contributed by atoms with E-state index in [1.165, 1.54) is 14.2 Å². The van der Waals surface area contributed by atoms with Crippen molar-refractivity contribution in [3.8, 4) is 0 Å². The Kier molecular flexibility index (Phi) is 5.49. The highest BCUT2D eigenvalue weighted by Gasteiger charge is 2.13. The lowest BCUT2D eigenvalue weighted by atomic mass is 10.2. The average molecular weight is 474 g/mol. The van der Waals surface area contributed by atoms with Gasteiger partial charge in [-0.25, -0.2) is 19.0 Å². The SMILES string of the molecule is COC(=O)c1cc2cc(Nc3ncc(F)c(Nc4ccc5[nH]c(C(=O)OC)cc5c4)n3)ccc2[nH]1. The minimum atomic E-state index is -0.635. The number of hydrogen-bond acceptors (Lipinski definition) is 8. The lowest BCUT2D eigenvalue weighted by molar-refractivity contribution is 0.0586. The molecule has 0 aliphatic rings. The molecular formula is C24H19FN6O4. The van der Waals surface area contributed by atoms with Crippen LogP contribution in [0.15, 0.2) is 54.7 Å². The highest BCUT2D eigenvalue weighted by Crippen LogP contribution is 2.26. The highest BCUT2D eigenvalue weighted by molar-refractivity contribution is 5.96. The van der Waals surface area contributed by atoms with Crippen LogP contribution in [0, 0.1) is 5.82 Å². The first-order chi connectivity index (χ1) is 16.9. The van der Waals surface area contributed by atoms with Crippen LogP contribution in [0.1, 0.15) is 21.0 Å². The van der Waals surface area contributed by atoms with Gasteiger partial charge in [0, 0.05) is 33.2 Å². The van der Waals surface area contributed by atoms with Gasteiger partial charge in [0.05, 0.1) is 20.4 Å². The van der Waals surface area contributed by atoms with Crippen LogP contribution < -0.4 is 10.6 Å². The van der Waals surface area contributed by atoms with Crippen LogP contribution in [0.3, 0.4) is 0 Å². The summed E-state index contributed by atoms with van der Waals surface area (Å²) in [5.74, 6) is -1.43. The minimum absolute atomic E-state index is 0.0266. The number of H-pyrrole nitrogens is 2. The number of rotatable bonds is 6. The maximum atomic E-state index is 14.5. The van der Waals surface area contributed by atoms with Gasteiger partial charge < -0.3 is 30.1 Å². The van der Waals surface area contributed by atoms with Gasteiger partial charge in [-0.1, -0.05) is 0 Å². The molecule has 3 heterocycles. The molecule has 10 nitrogen and oxygen atoms in total. The van der Waals surface area contributed by atoms with E-state index in [4.69, 9.17) is 9.47 Å². The second-order valence-corrected chi connectivity index (χ2v) is 7.59. The van der Waals surface area contributed by atoms with E-state index in [1.807, 2.05) is 0 Å². The normalized spacial score (nSPS) is 10.9. The Morgan fingerprint density at radius 2 is 1.37 bits per heavy atom. The summed E-state index contributed by atoms with van der Waals surface area (Å²) in [6.45, 7) is 0. The summed E-state index contributed by atoms with van der Waals surface area (Å²) < 4.78 is 23.9. The molecule has 0 amide bonds. The fourth-order valence-corrected chi connectivity index (χ4v) is 3.64. The number of halogens is 1. The number of aromatic nitrogens is 4. The molecule has 0 saturated heterocycles. The molecule has 2 aromatic carbocycles. The molecule has 0 saturated carbocycles. The van der Waals surface area contributed by atoms with E-state index >= 15 is 0 Å². The van der Waals surface area contributed by atoms with Crippen LogP contribution in [-0.2, 0) is 9.47 Å². The minimum Gasteiger partial charge on any atom is -0.464 e. The molecule has 0 radical (unpaired) electrons. The smallest absolute Gasteiger partial charge is 0.354 e. The molecule has 0 fully saturated rings. The molecule has 0 aliphatic heterocycles. The van der Waals surface area contributed by atoms with Gasteiger partial charge in [-0.05, 0) is 48.5 Å². The van der Waals surface area contributed by atoms with Gasteiger partial charge in [0.1, 0.15) is 11.4 Å². The first-order valence-corrected chi connectivity index (χ1v) is 10.4. The molecule has 176 valence electrons. The predicted octanol–water partition coefficient (Wildman–Crippen LogP) is 4.64. The molecule has 11 heteroatoms. The fourth-order valence-electron chi connectivity index (χ4n) is 3.64. The van der Waals surface area contributed by atoms with Crippen LogP contribution >= 0.6 is 0 Å². The van der Waals surface area contributed by atoms with Gasteiger partial charge in [0.15, 0.2) is 11.6 Å². The molecule has 0 spiro atoms. The maximum Gasteiger partial charge on any atom is 0.354 e. The standard InChI is InChI=1S/C24H19FN6O4/c1-34-22(32)19-9-12-7-14(3-5-17(12)29-19)27-21-16(25)11-26-24(31-21)28-15-4-6-18-13(8-15)10-20(30-18)23(33)35-2/h3-11,29-30H,1-2H3,(H2,26,27,28,31). The fraction of sp³-hybridized carbons (Fsp3) is 0.0833. The van der Waals surface area contributed by atoms with Gasteiger partial charge in [-0.3, -0.25) is 0 Å². The van der Waals surface area contributed by atoms with Crippen LogP contribution in [-0.4, -0.2) is 46.1 Å². The summed E-state index contributed by atoms with van der Waals surface area (Å²) in [5.41, 5.74) is 3.36. The number of nitrogens with one attached hydrogen (secondary N) is 4. The molecular weight excluding hydrogens is 455 g/mol. The second kappa shape index (κ2) is 8.78. The summed E-state index contributed by atoms with van der Waals surface area (Å²) in [4.78, 5) is 37.7. The van der Waals surface area contributed by atoms with E-state index in [0.717, 1.165) is 28.0 Å². The first kappa shape index (κ1) is 21.9. The predicted molar refractivity (Wildman–Crippen MR) is 128 cm³/mol. The molecule has 35 heavy (non-hydrogen) atoms. The maximum absolute atomic E-state index is 14.5. The van der Waals surface area contributed by atoms with Gasteiger partial charge in [-0.2, -0.15) is 4.98 Å².